The largest absolute Gasteiger partial charge is 0.396 e. The zero-order valence-electron chi connectivity index (χ0n) is 9.48. The van der Waals surface area contributed by atoms with Gasteiger partial charge in [0, 0.05) is 13.2 Å². The summed E-state index contributed by atoms with van der Waals surface area (Å²) in [6.07, 6.45) is 3.83. The number of anilines is 1. The fourth-order valence-corrected chi connectivity index (χ4v) is 2.11. The van der Waals surface area contributed by atoms with Crippen LogP contribution in [0.5, 0.6) is 0 Å². The molecule has 0 aliphatic heterocycles. The normalized spacial score (nSPS) is 10.6. The van der Waals surface area contributed by atoms with Gasteiger partial charge in [-0.05, 0) is 25.0 Å². The van der Waals surface area contributed by atoms with Crippen molar-refractivity contribution in [1.82, 2.24) is 0 Å². The summed E-state index contributed by atoms with van der Waals surface area (Å²) in [7, 11) is 0. The third kappa shape index (κ3) is 5.11. The summed E-state index contributed by atoms with van der Waals surface area (Å²) in [6, 6.07) is 2.48. The molecule has 0 fully saturated rings. The van der Waals surface area contributed by atoms with Crippen LogP contribution in [0.1, 0.15) is 25.7 Å². The maximum atomic E-state index is 12.9. The minimum Gasteiger partial charge on any atom is -0.396 e. The van der Waals surface area contributed by atoms with Gasteiger partial charge >= 0.3 is 0 Å². The Bertz CT molecular complexity index is 337. The Hall–Kier alpha value is -0.510. The Kier molecular flexibility index (Phi) is 6.63. The molecule has 0 aromatic heterocycles. The van der Waals surface area contributed by atoms with Crippen LogP contribution < -0.4 is 5.32 Å². The van der Waals surface area contributed by atoms with E-state index in [1.807, 2.05) is 0 Å². The molecule has 17 heavy (non-hydrogen) atoms. The summed E-state index contributed by atoms with van der Waals surface area (Å²) in [5.41, 5.74) is 0.580. The van der Waals surface area contributed by atoms with Crippen molar-refractivity contribution < 1.29 is 9.50 Å². The lowest BCUT2D eigenvalue weighted by Gasteiger charge is -2.10. The zero-order chi connectivity index (χ0) is 12.7. The molecular weight excluding hydrogens is 264 g/mol. The van der Waals surface area contributed by atoms with Gasteiger partial charge in [0.2, 0.25) is 0 Å². The summed E-state index contributed by atoms with van der Waals surface area (Å²) in [5.74, 6) is -0.437. The van der Waals surface area contributed by atoms with E-state index in [0.717, 1.165) is 32.2 Å². The summed E-state index contributed by atoms with van der Waals surface area (Å²) in [6.45, 7) is 0.972. The van der Waals surface area contributed by atoms with E-state index in [0.29, 0.717) is 15.7 Å². The van der Waals surface area contributed by atoms with Gasteiger partial charge in [0.05, 0.1) is 15.7 Å². The van der Waals surface area contributed by atoms with E-state index in [-0.39, 0.29) is 6.61 Å². The van der Waals surface area contributed by atoms with E-state index in [1.54, 1.807) is 0 Å². The van der Waals surface area contributed by atoms with E-state index >= 15 is 0 Å². The highest BCUT2D eigenvalue weighted by Crippen LogP contribution is 2.31. The predicted octanol–water partition coefficient (Wildman–Crippen LogP) is 4.10. The van der Waals surface area contributed by atoms with Gasteiger partial charge in [-0.25, -0.2) is 4.39 Å². The Morgan fingerprint density at radius 1 is 1.06 bits per heavy atom. The maximum Gasteiger partial charge on any atom is 0.126 e. The van der Waals surface area contributed by atoms with Gasteiger partial charge in [0.25, 0.3) is 0 Å². The van der Waals surface area contributed by atoms with Crippen molar-refractivity contribution >= 4 is 28.9 Å². The van der Waals surface area contributed by atoms with E-state index in [2.05, 4.69) is 5.32 Å². The minimum absolute atomic E-state index is 0.239. The molecule has 1 aromatic rings. The summed E-state index contributed by atoms with van der Waals surface area (Å²) in [5, 5.41) is 12.3. The van der Waals surface area contributed by atoms with E-state index < -0.39 is 5.82 Å². The topological polar surface area (TPSA) is 32.3 Å². The maximum absolute atomic E-state index is 12.9. The molecule has 96 valence electrons. The first kappa shape index (κ1) is 14.6. The number of halogens is 3. The number of unbranched alkanes of at least 4 members (excludes halogenated alkanes) is 3. The molecule has 2 nitrogen and oxygen atoms in total. The lowest BCUT2D eigenvalue weighted by atomic mass is 10.2. The number of benzene rings is 1. The van der Waals surface area contributed by atoms with E-state index in [9.17, 15) is 4.39 Å². The van der Waals surface area contributed by atoms with Gasteiger partial charge in [-0.2, -0.15) is 0 Å². The second kappa shape index (κ2) is 7.75. The Labute approximate surface area is 111 Å². The molecule has 0 aliphatic rings. The molecule has 0 saturated carbocycles. The summed E-state index contributed by atoms with van der Waals surface area (Å²) >= 11 is 11.8. The van der Waals surface area contributed by atoms with Crippen LogP contribution in [-0.4, -0.2) is 18.3 Å². The molecule has 0 aliphatic carbocycles. The van der Waals surface area contributed by atoms with Crippen molar-refractivity contribution in [2.45, 2.75) is 25.7 Å². The molecule has 1 rings (SSSR count). The summed E-state index contributed by atoms with van der Waals surface area (Å²) < 4.78 is 12.9. The summed E-state index contributed by atoms with van der Waals surface area (Å²) in [4.78, 5) is 0. The van der Waals surface area contributed by atoms with E-state index in [4.69, 9.17) is 28.3 Å². The van der Waals surface area contributed by atoms with Gasteiger partial charge in [0.15, 0.2) is 0 Å². The number of hydrogen-bond donors (Lipinski definition) is 2. The highest BCUT2D eigenvalue weighted by molar-refractivity contribution is 6.39. The zero-order valence-corrected chi connectivity index (χ0v) is 11.0. The number of aliphatic hydroxyl groups is 1. The van der Waals surface area contributed by atoms with Crippen LogP contribution in [0.4, 0.5) is 10.1 Å². The Morgan fingerprint density at radius 3 is 2.24 bits per heavy atom. The van der Waals surface area contributed by atoms with Crippen molar-refractivity contribution in [3.05, 3.63) is 28.0 Å². The molecule has 0 heterocycles. The monoisotopic (exact) mass is 279 g/mol. The molecule has 0 saturated heterocycles. The van der Waals surface area contributed by atoms with Crippen molar-refractivity contribution in [2.24, 2.45) is 0 Å². The van der Waals surface area contributed by atoms with Gasteiger partial charge in [-0.1, -0.05) is 36.0 Å². The predicted molar refractivity (Wildman–Crippen MR) is 70.5 cm³/mol. The quantitative estimate of drug-likeness (QED) is 0.737. The molecular formula is C12H16Cl2FNO. The molecule has 0 bridgehead atoms. The van der Waals surface area contributed by atoms with Crippen molar-refractivity contribution in [2.75, 3.05) is 18.5 Å². The van der Waals surface area contributed by atoms with Crippen LogP contribution in [0.15, 0.2) is 12.1 Å². The fraction of sp³-hybridized carbons (Fsp3) is 0.500. The number of hydrogen-bond acceptors (Lipinski definition) is 2. The van der Waals surface area contributed by atoms with Gasteiger partial charge < -0.3 is 10.4 Å². The molecule has 0 radical (unpaired) electrons. The standard InChI is InChI=1S/C12H16Cl2FNO/c13-10-7-9(15)8-11(14)12(10)16-5-3-1-2-4-6-17/h7-8,16-17H,1-6H2. The molecule has 5 heteroatoms. The minimum atomic E-state index is -0.437. The van der Waals surface area contributed by atoms with Crippen molar-refractivity contribution in [3.8, 4) is 0 Å². The third-order valence-electron chi connectivity index (χ3n) is 2.39. The molecule has 0 spiro atoms. The van der Waals surface area contributed by atoms with Crippen LogP contribution in [0.2, 0.25) is 10.0 Å². The number of rotatable bonds is 7. The first-order chi connectivity index (χ1) is 8.15. The van der Waals surface area contributed by atoms with Gasteiger partial charge in [-0.3, -0.25) is 0 Å². The SMILES string of the molecule is OCCCCCCNc1c(Cl)cc(F)cc1Cl. The van der Waals surface area contributed by atoms with E-state index in [1.165, 1.54) is 12.1 Å². The molecule has 0 unspecified atom stereocenters. The van der Waals surface area contributed by atoms with Crippen LogP contribution in [-0.2, 0) is 0 Å². The van der Waals surface area contributed by atoms with Crippen molar-refractivity contribution in [1.29, 1.82) is 0 Å². The third-order valence-corrected chi connectivity index (χ3v) is 2.99. The van der Waals surface area contributed by atoms with Crippen molar-refractivity contribution in [3.63, 3.8) is 0 Å². The average Bonchev–Trinajstić information content (AvgIpc) is 2.26. The van der Waals surface area contributed by atoms with Crippen LogP contribution in [0, 0.1) is 5.82 Å². The first-order valence-electron chi connectivity index (χ1n) is 5.64. The van der Waals surface area contributed by atoms with Crippen LogP contribution >= 0.6 is 23.2 Å². The highest BCUT2D eigenvalue weighted by atomic mass is 35.5. The smallest absolute Gasteiger partial charge is 0.126 e. The second-order valence-corrected chi connectivity index (χ2v) is 4.62. The van der Waals surface area contributed by atoms with Gasteiger partial charge in [-0.15, -0.1) is 0 Å². The van der Waals surface area contributed by atoms with Crippen LogP contribution in [0.25, 0.3) is 0 Å². The lowest BCUT2D eigenvalue weighted by Crippen LogP contribution is -2.03. The molecule has 0 atom stereocenters. The fourth-order valence-electron chi connectivity index (χ4n) is 1.51. The molecule has 1 aromatic carbocycles. The number of aliphatic hydroxyl groups excluding tert-OH is 1. The molecule has 2 N–H and O–H groups in total. The van der Waals surface area contributed by atoms with Gasteiger partial charge in [0.1, 0.15) is 5.82 Å². The highest BCUT2D eigenvalue weighted by Gasteiger charge is 2.07. The second-order valence-electron chi connectivity index (χ2n) is 3.81. The Balaban J connectivity index is 2.36. The average molecular weight is 280 g/mol. The first-order valence-corrected chi connectivity index (χ1v) is 6.40. The van der Waals surface area contributed by atoms with Crippen LogP contribution in [0.3, 0.4) is 0 Å². The lowest BCUT2D eigenvalue weighted by molar-refractivity contribution is 0.283. The Morgan fingerprint density at radius 2 is 1.65 bits per heavy atom. The number of nitrogens with one attached hydrogen (secondary N) is 1. The molecule has 0 amide bonds.